The maximum absolute atomic E-state index is 11.7. The Labute approximate surface area is 125 Å². The fourth-order valence-corrected chi connectivity index (χ4v) is 1.78. The van der Waals surface area contributed by atoms with Crippen molar-refractivity contribution in [2.75, 3.05) is 12.4 Å². The van der Waals surface area contributed by atoms with Gasteiger partial charge in [0.1, 0.15) is 11.3 Å². The molecule has 0 fully saturated rings. The molecule has 0 radical (unpaired) electrons. The first-order valence-corrected chi connectivity index (χ1v) is 6.25. The van der Waals surface area contributed by atoms with Gasteiger partial charge < -0.3 is 10.1 Å². The van der Waals surface area contributed by atoms with Gasteiger partial charge >= 0.3 is 0 Å². The van der Waals surface area contributed by atoms with E-state index in [9.17, 15) is 19.7 Å². The zero-order valence-electron chi connectivity index (χ0n) is 11.6. The van der Waals surface area contributed by atoms with Gasteiger partial charge in [0.05, 0.1) is 18.2 Å². The van der Waals surface area contributed by atoms with Crippen LogP contribution in [0.5, 0.6) is 5.75 Å². The third kappa shape index (κ3) is 3.45. The number of allylic oxidation sites excluding steroid dienone is 4. The molecule has 0 aromatic heterocycles. The van der Waals surface area contributed by atoms with Crippen molar-refractivity contribution in [3.05, 3.63) is 70.1 Å². The number of methoxy groups -OCH3 is 1. The predicted octanol–water partition coefficient (Wildman–Crippen LogP) is 1.86. The number of benzene rings is 1. The van der Waals surface area contributed by atoms with Gasteiger partial charge in [0, 0.05) is 11.8 Å². The van der Waals surface area contributed by atoms with Gasteiger partial charge in [-0.1, -0.05) is 0 Å². The zero-order valence-corrected chi connectivity index (χ0v) is 11.6. The van der Waals surface area contributed by atoms with Crippen LogP contribution in [-0.2, 0) is 9.59 Å². The van der Waals surface area contributed by atoms with E-state index in [1.165, 1.54) is 7.11 Å². The van der Waals surface area contributed by atoms with Gasteiger partial charge in [-0.25, -0.2) is 0 Å². The Balaban J connectivity index is 2.25. The first kappa shape index (κ1) is 15.2. The van der Waals surface area contributed by atoms with Crippen molar-refractivity contribution in [2.24, 2.45) is 0 Å². The highest BCUT2D eigenvalue weighted by Crippen LogP contribution is 2.19. The van der Waals surface area contributed by atoms with Gasteiger partial charge in [-0.15, -0.1) is 0 Å². The number of ether oxygens (including phenoxy) is 1. The number of rotatable bonds is 5. The van der Waals surface area contributed by atoms with Crippen LogP contribution in [0, 0.1) is 10.1 Å². The minimum absolute atomic E-state index is 0.251. The molecule has 0 saturated heterocycles. The van der Waals surface area contributed by atoms with E-state index in [1.807, 2.05) is 0 Å². The van der Waals surface area contributed by atoms with E-state index >= 15 is 0 Å². The number of nitrogens with one attached hydrogen (secondary N) is 1. The topological polar surface area (TPSA) is 98.5 Å². The first-order valence-electron chi connectivity index (χ1n) is 6.25. The Morgan fingerprint density at radius 1 is 1.23 bits per heavy atom. The lowest BCUT2D eigenvalue weighted by atomic mass is 10.0. The number of carbonyl (C=O) groups is 2. The molecular formula is C15H12N2O5. The standard InChI is InChI=1S/C15H12N2O5/c1-22-12-5-2-10(3-6-12)16-9-14(17(20)21)13-8-11(18)4-7-15(13)19/h2-9,16H,1H3/b14-9-. The molecule has 1 aliphatic rings. The Morgan fingerprint density at radius 2 is 1.91 bits per heavy atom. The minimum Gasteiger partial charge on any atom is -0.497 e. The average Bonchev–Trinajstić information content (AvgIpc) is 2.51. The molecule has 1 aromatic carbocycles. The van der Waals surface area contributed by atoms with E-state index < -0.39 is 22.2 Å². The predicted molar refractivity (Wildman–Crippen MR) is 78.9 cm³/mol. The highest BCUT2D eigenvalue weighted by atomic mass is 16.6. The number of nitrogens with zero attached hydrogens (tertiary/aromatic N) is 1. The largest absolute Gasteiger partial charge is 0.497 e. The molecule has 0 atom stereocenters. The van der Waals surface area contributed by atoms with Gasteiger partial charge in [0.25, 0.3) is 5.70 Å². The number of ketones is 2. The molecule has 0 amide bonds. The molecular weight excluding hydrogens is 288 g/mol. The molecule has 22 heavy (non-hydrogen) atoms. The van der Waals surface area contributed by atoms with Crippen LogP contribution in [0.3, 0.4) is 0 Å². The van der Waals surface area contributed by atoms with Crippen molar-refractivity contribution in [3.63, 3.8) is 0 Å². The normalized spacial score (nSPS) is 14.6. The van der Waals surface area contributed by atoms with Crippen molar-refractivity contribution in [3.8, 4) is 5.75 Å². The van der Waals surface area contributed by atoms with E-state index in [1.54, 1.807) is 24.3 Å². The molecule has 7 nitrogen and oxygen atoms in total. The molecule has 0 unspecified atom stereocenters. The number of hydrogen-bond donors (Lipinski definition) is 1. The highest BCUT2D eigenvalue weighted by Gasteiger charge is 2.25. The number of anilines is 1. The second kappa shape index (κ2) is 6.49. The Bertz CT molecular complexity index is 714. The summed E-state index contributed by atoms with van der Waals surface area (Å²) in [5.74, 6) is -0.407. The smallest absolute Gasteiger partial charge is 0.296 e. The molecule has 0 bridgehead atoms. The molecule has 1 N–H and O–H groups in total. The third-order valence-electron chi connectivity index (χ3n) is 2.89. The van der Waals surface area contributed by atoms with Gasteiger partial charge in [0.15, 0.2) is 11.6 Å². The number of carbonyl (C=O) groups excluding carboxylic acids is 2. The summed E-state index contributed by atoms with van der Waals surface area (Å²) in [6, 6.07) is 6.68. The molecule has 1 aromatic rings. The Hall–Kier alpha value is -3.22. The van der Waals surface area contributed by atoms with Gasteiger partial charge in [-0.2, -0.15) is 0 Å². The molecule has 0 saturated carbocycles. The van der Waals surface area contributed by atoms with Crippen LogP contribution in [0.25, 0.3) is 0 Å². The molecule has 112 valence electrons. The van der Waals surface area contributed by atoms with Gasteiger partial charge in [-0.05, 0) is 36.4 Å². The Morgan fingerprint density at radius 3 is 2.50 bits per heavy atom. The lowest BCUT2D eigenvalue weighted by Crippen LogP contribution is -2.15. The monoisotopic (exact) mass is 300 g/mol. The lowest BCUT2D eigenvalue weighted by molar-refractivity contribution is -0.420. The lowest BCUT2D eigenvalue weighted by Gasteiger charge is -2.06. The Kier molecular flexibility index (Phi) is 4.47. The van der Waals surface area contributed by atoms with E-state index in [4.69, 9.17) is 4.74 Å². The fraction of sp³-hybridized carbons (Fsp3) is 0.0667. The van der Waals surface area contributed by atoms with E-state index in [2.05, 4.69) is 5.32 Å². The van der Waals surface area contributed by atoms with Crippen molar-refractivity contribution >= 4 is 17.3 Å². The SMILES string of the molecule is COc1ccc(N/C=C(/C2=CC(=O)C=CC2=O)[N+](=O)[O-])cc1. The van der Waals surface area contributed by atoms with Crippen LogP contribution in [-0.4, -0.2) is 23.6 Å². The summed E-state index contributed by atoms with van der Waals surface area (Å²) in [5, 5.41) is 13.8. The van der Waals surface area contributed by atoms with Crippen molar-refractivity contribution in [2.45, 2.75) is 0 Å². The first-order chi connectivity index (χ1) is 10.5. The van der Waals surface area contributed by atoms with E-state index in [-0.39, 0.29) is 5.57 Å². The zero-order chi connectivity index (χ0) is 16.1. The summed E-state index contributed by atoms with van der Waals surface area (Å²) in [5.41, 5.74) is -0.150. The van der Waals surface area contributed by atoms with Gasteiger partial charge in [-0.3, -0.25) is 19.7 Å². The summed E-state index contributed by atoms with van der Waals surface area (Å²) in [6.45, 7) is 0. The van der Waals surface area contributed by atoms with E-state index in [0.29, 0.717) is 11.4 Å². The number of hydrogen-bond acceptors (Lipinski definition) is 6. The van der Waals surface area contributed by atoms with Crippen LogP contribution >= 0.6 is 0 Å². The summed E-state index contributed by atoms with van der Waals surface area (Å²) in [6.07, 6.45) is 4.12. The van der Waals surface area contributed by atoms with Crippen LogP contribution < -0.4 is 10.1 Å². The summed E-state index contributed by atoms with van der Waals surface area (Å²) in [7, 11) is 1.53. The molecule has 0 aliphatic heterocycles. The van der Waals surface area contributed by atoms with Gasteiger partial charge in [0.2, 0.25) is 0 Å². The second-order valence-electron chi connectivity index (χ2n) is 4.32. The minimum atomic E-state index is -0.716. The number of nitro groups is 1. The summed E-state index contributed by atoms with van der Waals surface area (Å²) < 4.78 is 5.00. The summed E-state index contributed by atoms with van der Waals surface area (Å²) in [4.78, 5) is 33.4. The molecule has 0 spiro atoms. The van der Waals surface area contributed by atoms with Crippen LogP contribution in [0.1, 0.15) is 0 Å². The second-order valence-corrected chi connectivity index (χ2v) is 4.32. The maximum atomic E-state index is 11.7. The fourth-order valence-electron chi connectivity index (χ4n) is 1.78. The van der Waals surface area contributed by atoms with Crippen LogP contribution in [0.4, 0.5) is 5.69 Å². The molecule has 2 rings (SSSR count). The van der Waals surface area contributed by atoms with Crippen LogP contribution in [0.15, 0.2) is 60.0 Å². The maximum Gasteiger partial charge on any atom is 0.296 e. The van der Waals surface area contributed by atoms with E-state index in [0.717, 1.165) is 24.4 Å². The molecule has 0 heterocycles. The molecule has 7 heteroatoms. The molecule has 1 aliphatic carbocycles. The quantitative estimate of drug-likeness (QED) is 0.506. The van der Waals surface area contributed by atoms with Crippen molar-refractivity contribution < 1.29 is 19.2 Å². The average molecular weight is 300 g/mol. The third-order valence-corrected chi connectivity index (χ3v) is 2.89. The summed E-state index contributed by atoms with van der Waals surface area (Å²) >= 11 is 0. The van der Waals surface area contributed by atoms with Crippen LogP contribution in [0.2, 0.25) is 0 Å². The van der Waals surface area contributed by atoms with Crippen molar-refractivity contribution in [1.29, 1.82) is 0 Å². The highest BCUT2D eigenvalue weighted by molar-refractivity contribution is 6.19. The van der Waals surface area contributed by atoms with Crippen molar-refractivity contribution in [1.82, 2.24) is 0 Å².